The van der Waals surface area contributed by atoms with Gasteiger partial charge in [0.1, 0.15) is 5.75 Å². The van der Waals surface area contributed by atoms with Crippen molar-refractivity contribution in [1.29, 1.82) is 0 Å². The van der Waals surface area contributed by atoms with E-state index in [-0.39, 0.29) is 12.1 Å². The molecule has 1 saturated heterocycles. The Morgan fingerprint density at radius 3 is 2.62 bits per heavy atom. The van der Waals surface area contributed by atoms with Gasteiger partial charge < -0.3 is 20.7 Å². The zero-order chi connectivity index (χ0) is 16.8. The molecule has 1 aliphatic heterocycles. The van der Waals surface area contributed by atoms with Crippen LogP contribution in [0, 0.1) is 0 Å². The van der Waals surface area contributed by atoms with E-state index in [4.69, 9.17) is 10.5 Å². The number of rotatable bonds is 3. The Hall–Kier alpha value is -2.53. The topological polar surface area (TPSA) is 67.6 Å². The average Bonchev–Trinajstić information content (AvgIpc) is 2.82. The number of para-hydroxylation sites is 3. The Kier molecular flexibility index (Phi) is 5.33. The minimum atomic E-state index is -0.104. The van der Waals surface area contributed by atoms with Gasteiger partial charge in [-0.1, -0.05) is 30.3 Å². The van der Waals surface area contributed by atoms with Crippen molar-refractivity contribution in [2.24, 2.45) is 5.73 Å². The molecule has 1 heterocycles. The van der Waals surface area contributed by atoms with E-state index in [0.717, 1.165) is 31.6 Å². The molecular weight excluding hydrogens is 302 g/mol. The Bertz CT molecular complexity index is 675. The largest absolute Gasteiger partial charge is 0.455 e. The zero-order valence-electron chi connectivity index (χ0n) is 13.7. The minimum Gasteiger partial charge on any atom is -0.455 e. The van der Waals surface area contributed by atoms with Gasteiger partial charge in [0.25, 0.3) is 0 Å². The maximum absolute atomic E-state index is 12.6. The number of amides is 2. The number of benzene rings is 2. The first-order valence-corrected chi connectivity index (χ1v) is 8.36. The van der Waals surface area contributed by atoms with E-state index in [1.165, 1.54) is 0 Å². The van der Waals surface area contributed by atoms with E-state index in [1.807, 2.05) is 59.5 Å². The summed E-state index contributed by atoms with van der Waals surface area (Å²) >= 11 is 0. The van der Waals surface area contributed by atoms with Crippen LogP contribution in [0.3, 0.4) is 0 Å². The Balaban J connectivity index is 1.69. The molecule has 0 radical (unpaired) electrons. The number of hydrogen-bond acceptors (Lipinski definition) is 3. The fourth-order valence-electron chi connectivity index (χ4n) is 2.79. The summed E-state index contributed by atoms with van der Waals surface area (Å²) in [5.74, 6) is 1.36. The van der Waals surface area contributed by atoms with Crippen LogP contribution in [0.2, 0.25) is 0 Å². The van der Waals surface area contributed by atoms with Gasteiger partial charge in [-0.3, -0.25) is 0 Å². The van der Waals surface area contributed by atoms with E-state index in [0.29, 0.717) is 18.0 Å². The van der Waals surface area contributed by atoms with Crippen LogP contribution in [0.4, 0.5) is 10.5 Å². The molecule has 1 unspecified atom stereocenters. The highest BCUT2D eigenvalue weighted by molar-refractivity contribution is 5.91. The predicted octanol–water partition coefficient (Wildman–Crippen LogP) is 3.82. The van der Waals surface area contributed by atoms with E-state index in [9.17, 15) is 4.79 Å². The van der Waals surface area contributed by atoms with E-state index < -0.39 is 0 Å². The quantitative estimate of drug-likeness (QED) is 0.901. The molecular formula is C19H23N3O2. The van der Waals surface area contributed by atoms with Gasteiger partial charge in [0.2, 0.25) is 0 Å². The fraction of sp³-hybridized carbons (Fsp3) is 0.316. The molecule has 5 heteroatoms. The standard InChI is InChI=1S/C19H23N3O2/c20-15-7-6-13-22(14-12-15)19(23)21-17-10-4-5-11-18(17)24-16-8-2-1-3-9-16/h1-5,8-11,15H,6-7,12-14,20H2,(H,21,23). The SMILES string of the molecule is NC1CCCN(C(=O)Nc2ccccc2Oc2ccccc2)CC1. The number of urea groups is 1. The first-order valence-electron chi connectivity index (χ1n) is 8.36. The third kappa shape index (κ3) is 4.26. The lowest BCUT2D eigenvalue weighted by molar-refractivity contribution is 0.213. The van der Waals surface area contributed by atoms with Crippen LogP contribution in [-0.2, 0) is 0 Å². The number of carbonyl (C=O) groups excluding carboxylic acids is 1. The number of nitrogens with one attached hydrogen (secondary N) is 1. The predicted molar refractivity (Wildman–Crippen MR) is 95.4 cm³/mol. The van der Waals surface area contributed by atoms with Gasteiger partial charge in [0, 0.05) is 19.1 Å². The van der Waals surface area contributed by atoms with Crippen molar-refractivity contribution in [2.75, 3.05) is 18.4 Å². The summed E-state index contributed by atoms with van der Waals surface area (Å²) in [6.45, 7) is 1.43. The molecule has 5 nitrogen and oxygen atoms in total. The van der Waals surface area contributed by atoms with Crippen molar-refractivity contribution in [2.45, 2.75) is 25.3 Å². The van der Waals surface area contributed by atoms with Gasteiger partial charge in [-0.25, -0.2) is 4.79 Å². The smallest absolute Gasteiger partial charge is 0.321 e. The molecule has 24 heavy (non-hydrogen) atoms. The number of ether oxygens (including phenoxy) is 1. The molecule has 1 aliphatic rings. The van der Waals surface area contributed by atoms with Crippen molar-refractivity contribution in [3.05, 3.63) is 54.6 Å². The number of likely N-dealkylation sites (tertiary alicyclic amines) is 1. The van der Waals surface area contributed by atoms with Gasteiger partial charge in [0.15, 0.2) is 5.75 Å². The fourth-order valence-corrected chi connectivity index (χ4v) is 2.79. The molecule has 0 aromatic heterocycles. The summed E-state index contributed by atoms with van der Waals surface area (Å²) in [7, 11) is 0. The molecule has 0 saturated carbocycles. The van der Waals surface area contributed by atoms with Crippen LogP contribution in [-0.4, -0.2) is 30.1 Å². The van der Waals surface area contributed by atoms with Crippen LogP contribution >= 0.6 is 0 Å². The van der Waals surface area contributed by atoms with E-state index in [1.54, 1.807) is 0 Å². The molecule has 2 aromatic carbocycles. The van der Waals surface area contributed by atoms with Crippen molar-refractivity contribution >= 4 is 11.7 Å². The summed E-state index contributed by atoms with van der Waals surface area (Å²) in [4.78, 5) is 14.4. The second-order valence-corrected chi connectivity index (χ2v) is 6.02. The van der Waals surface area contributed by atoms with Gasteiger partial charge in [-0.15, -0.1) is 0 Å². The lowest BCUT2D eigenvalue weighted by Crippen LogP contribution is -2.36. The minimum absolute atomic E-state index is 0.104. The normalized spacial score (nSPS) is 17.9. The first kappa shape index (κ1) is 16.3. The van der Waals surface area contributed by atoms with E-state index in [2.05, 4.69) is 5.32 Å². The number of nitrogens with two attached hydrogens (primary N) is 1. The number of anilines is 1. The highest BCUT2D eigenvalue weighted by Gasteiger charge is 2.19. The first-order chi connectivity index (χ1) is 11.7. The molecule has 2 aromatic rings. The van der Waals surface area contributed by atoms with Crippen LogP contribution in [0.5, 0.6) is 11.5 Å². The van der Waals surface area contributed by atoms with Crippen LogP contribution in [0.15, 0.2) is 54.6 Å². The monoisotopic (exact) mass is 325 g/mol. The maximum Gasteiger partial charge on any atom is 0.321 e. The van der Waals surface area contributed by atoms with Gasteiger partial charge in [0.05, 0.1) is 5.69 Å². The number of hydrogen-bond donors (Lipinski definition) is 2. The molecule has 126 valence electrons. The average molecular weight is 325 g/mol. The van der Waals surface area contributed by atoms with Crippen molar-refractivity contribution in [1.82, 2.24) is 4.90 Å². The van der Waals surface area contributed by atoms with Crippen molar-refractivity contribution in [3.63, 3.8) is 0 Å². The Morgan fingerprint density at radius 2 is 1.79 bits per heavy atom. The Labute approximate surface area is 142 Å². The van der Waals surface area contributed by atoms with Gasteiger partial charge in [-0.2, -0.15) is 0 Å². The summed E-state index contributed by atoms with van der Waals surface area (Å²) < 4.78 is 5.89. The number of nitrogens with zero attached hydrogens (tertiary/aromatic N) is 1. The molecule has 0 bridgehead atoms. The molecule has 2 amide bonds. The van der Waals surface area contributed by atoms with Crippen molar-refractivity contribution in [3.8, 4) is 11.5 Å². The summed E-state index contributed by atoms with van der Waals surface area (Å²) in [6.07, 6.45) is 2.75. The molecule has 1 fully saturated rings. The van der Waals surface area contributed by atoms with Gasteiger partial charge in [-0.05, 0) is 43.5 Å². The summed E-state index contributed by atoms with van der Waals surface area (Å²) in [5, 5.41) is 2.96. The second kappa shape index (κ2) is 7.84. The molecule has 3 rings (SSSR count). The van der Waals surface area contributed by atoms with Crippen LogP contribution in [0.1, 0.15) is 19.3 Å². The zero-order valence-corrected chi connectivity index (χ0v) is 13.7. The highest BCUT2D eigenvalue weighted by atomic mass is 16.5. The van der Waals surface area contributed by atoms with E-state index >= 15 is 0 Å². The summed E-state index contributed by atoms with van der Waals surface area (Å²) in [5.41, 5.74) is 6.65. The van der Waals surface area contributed by atoms with Gasteiger partial charge >= 0.3 is 6.03 Å². The van der Waals surface area contributed by atoms with Crippen LogP contribution in [0.25, 0.3) is 0 Å². The summed E-state index contributed by atoms with van der Waals surface area (Å²) in [6, 6.07) is 17.1. The molecule has 0 spiro atoms. The molecule has 1 atom stereocenters. The lowest BCUT2D eigenvalue weighted by Gasteiger charge is -2.22. The molecule has 0 aliphatic carbocycles. The number of carbonyl (C=O) groups is 1. The van der Waals surface area contributed by atoms with Crippen LogP contribution < -0.4 is 15.8 Å². The molecule has 3 N–H and O–H groups in total. The second-order valence-electron chi connectivity index (χ2n) is 6.02. The van der Waals surface area contributed by atoms with Crippen molar-refractivity contribution < 1.29 is 9.53 Å². The maximum atomic E-state index is 12.6. The third-order valence-corrected chi connectivity index (χ3v) is 4.16. The highest BCUT2D eigenvalue weighted by Crippen LogP contribution is 2.29. The lowest BCUT2D eigenvalue weighted by atomic mass is 10.1. The Morgan fingerprint density at radius 1 is 1.04 bits per heavy atom. The third-order valence-electron chi connectivity index (χ3n) is 4.16.